The molecule has 0 amide bonds. The second kappa shape index (κ2) is 6.37. The minimum Gasteiger partial charge on any atom is -0.508 e. The maximum Gasteiger partial charge on any atom is 0.466 e. The predicted molar refractivity (Wildman–Crippen MR) is 56.3 cm³/mol. The van der Waals surface area contributed by atoms with Crippen LogP contribution >= 0.6 is 7.82 Å². The van der Waals surface area contributed by atoms with Gasteiger partial charge in [-0.3, -0.25) is 0 Å². The summed E-state index contributed by atoms with van der Waals surface area (Å²) in [7, 11) is -4.64. The van der Waals surface area contributed by atoms with Gasteiger partial charge in [0.15, 0.2) is 0 Å². The minimum absolute atomic E-state index is 0.349. The molecule has 15 heavy (non-hydrogen) atoms. The van der Waals surface area contributed by atoms with Crippen LogP contribution in [0.2, 0.25) is 0 Å². The molecular formula is C9H13O5P. The first-order chi connectivity index (χ1) is 6.84. The fourth-order valence-electron chi connectivity index (χ4n) is 0.839. The molecule has 0 aliphatic carbocycles. The molecule has 0 aliphatic heterocycles. The number of phosphoric acid groups is 1. The molecule has 0 saturated heterocycles. The van der Waals surface area contributed by atoms with Gasteiger partial charge in [0.1, 0.15) is 5.75 Å². The molecule has 5 nitrogen and oxygen atoms in total. The van der Waals surface area contributed by atoms with Crippen LogP contribution < -0.4 is 0 Å². The van der Waals surface area contributed by atoms with E-state index < -0.39 is 7.82 Å². The van der Waals surface area contributed by atoms with Gasteiger partial charge in [0.25, 0.3) is 0 Å². The second-order valence-electron chi connectivity index (χ2n) is 2.63. The lowest BCUT2D eigenvalue weighted by atomic mass is 10.1. The molecule has 0 heterocycles. The summed E-state index contributed by atoms with van der Waals surface area (Å²) in [5.74, 6) is 0.349. The molecule has 0 unspecified atom stereocenters. The first kappa shape index (κ1) is 13.9. The smallest absolute Gasteiger partial charge is 0.466 e. The van der Waals surface area contributed by atoms with Crippen LogP contribution in [0.15, 0.2) is 36.9 Å². The Morgan fingerprint density at radius 2 is 1.73 bits per heavy atom. The molecule has 0 spiro atoms. The molecule has 0 radical (unpaired) electrons. The molecule has 0 fully saturated rings. The van der Waals surface area contributed by atoms with E-state index >= 15 is 0 Å². The molecule has 0 aliphatic rings. The van der Waals surface area contributed by atoms with Gasteiger partial charge in [-0.05, 0) is 18.1 Å². The van der Waals surface area contributed by atoms with Crippen molar-refractivity contribution < 1.29 is 24.4 Å². The Kier molecular flexibility index (Phi) is 5.89. The molecule has 4 N–H and O–H groups in total. The molecule has 0 aromatic heterocycles. The second-order valence-corrected chi connectivity index (χ2v) is 3.66. The first-order valence-electron chi connectivity index (χ1n) is 4.00. The summed E-state index contributed by atoms with van der Waals surface area (Å²) in [6.07, 6.45) is 2.50. The highest BCUT2D eigenvalue weighted by atomic mass is 31.2. The van der Waals surface area contributed by atoms with Gasteiger partial charge in [-0.2, -0.15) is 0 Å². The Hall–Kier alpha value is -1.13. The zero-order chi connectivity index (χ0) is 11.9. The van der Waals surface area contributed by atoms with Crippen LogP contribution in [0.4, 0.5) is 0 Å². The van der Waals surface area contributed by atoms with E-state index in [1.807, 2.05) is 18.2 Å². The molecule has 6 heteroatoms. The topological polar surface area (TPSA) is 98.0 Å². The molecule has 0 atom stereocenters. The lowest BCUT2D eigenvalue weighted by Crippen LogP contribution is -1.79. The summed E-state index contributed by atoms with van der Waals surface area (Å²) in [6.45, 7) is 3.59. The van der Waals surface area contributed by atoms with Crippen LogP contribution in [-0.2, 0) is 11.0 Å². The Labute approximate surface area is 87.6 Å². The summed E-state index contributed by atoms with van der Waals surface area (Å²) in [5.41, 5.74) is 0.928. The van der Waals surface area contributed by atoms with Gasteiger partial charge in [0, 0.05) is 0 Å². The quantitative estimate of drug-likeness (QED) is 0.453. The fraction of sp³-hybridized carbons (Fsp3) is 0.111. The Balaban J connectivity index is 0.000000336. The van der Waals surface area contributed by atoms with E-state index in [2.05, 4.69) is 6.58 Å². The maximum atomic E-state index is 9.19. The normalized spacial score (nSPS) is 10.1. The Morgan fingerprint density at radius 3 is 2.13 bits per heavy atom. The summed E-state index contributed by atoms with van der Waals surface area (Å²) in [6, 6.07) is 7.27. The number of hydrogen-bond donors (Lipinski definition) is 4. The highest BCUT2D eigenvalue weighted by Crippen LogP contribution is 2.25. The van der Waals surface area contributed by atoms with E-state index in [-0.39, 0.29) is 0 Å². The van der Waals surface area contributed by atoms with Crippen molar-refractivity contribution in [2.24, 2.45) is 0 Å². The number of phenolic OH excluding ortho intramolecular Hbond substituents is 1. The molecule has 1 rings (SSSR count). The van der Waals surface area contributed by atoms with E-state index in [9.17, 15) is 5.11 Å². The van der Waals surface area contributed by atoms with Crippen molar-refractivity contribution in [3.8, 4) is 5.75 Å². The third-order valence-electron chi connectivity index (χ3n) is 1.36. The van der Waals surface area contributed by atoms with Crippen LogP contribution in [0.3, 0.4) is 0 Å². The molecule has 0 bridgehead atoms. The van der Waals surface area contributed by atoms with E-state index in [4.69, 9.17) is 19.2 Å². The number of para-hydroxylation sites is 1. The van der Waals surface area contributed by atoms with Gasteiger partial charge < -0.3 is 19.8 Å². The monoisotopic (exact) mass is 232 g/mol. The first-order valence-corrected chi connectivity index (χ1v) is 5.57. The number of aromatic hydroxyl groups is 1. The molecule has 1 aromatic rings. The summed E-state index contributed by atoms with van der Waals surface area (Å²) in [5, 5.41) is 9.19. The SMILES string of the molecule is C=CCc1ccccc1O.O=P(O)(O)O. The van der Waals surface area contributed by atoms with Crippen molar-refractivity contribution in [1.29, 1.82) is 0 Å². The van der Waals surface area contributed by atoms with E-state index in [0.29, 0.717) is 5.75 Å². The highest BCUT2D eigenvalue weighted by Gasteiger charge is 2.00. The number of phenols is 1. The van der Waals surface area contributed by atoms with Crippen molar-refractivity contribution >= 4 is 7.82 Å². The summed E-state index contributed by atoms with van der Waals surface area (Å²) >= 11 is 0. The van der Waals surface area contributed by atoms with Crippen LogP contribution in [-0.4, -0.2) is 19.8 Å². The van der Waals surface area contributed by atoms with Gasteiger partial charge in [0.2, 0.25) is 0 Å². The largest absolute Gasteiger partial charge is 0.508 e. The van der Waals surface area contributed by atoms with E-state index in [0.717, 1.165) is 12.0 Å². The van der Waals surface area contributed by atoms with Crippen molar-refractivity contribution in [3.05, 3.63) is 42.5 Å². The number of hydrogen-bond acceptors (Lipinski definition) is 2. The number of benzene rings is 1. The molecule has 1 aromatic carbocycles. The lowest BCUT2D eigenvalue weighted by molar-refractivity contribution is 0.275. The van der Waals surface area contributed by atoms with E-state index in [1.165, 1.54) is 0 Å². The van der Waals surface area contributed by atoms with Crippen LogP contribution in [0.5, 0.6) is 5.75 Å². The Bertz CT molecular complexity index is 349. The van der Waals surface area contributed by atoms with Gasteiger partial charge in [-0.15, -0.1) is 6.58 Å². The van der Waals surface area contributed by atoms with Crippen molar-refractivity contribution in [3.63, 3.8) is 0 Å². The van der Waals surface area contributed by atoms with Gasteiger partial charge in [0.05, 0.1) is 0 Å². The van der Waals surface area contributed by atoms with Crippen LogP contribution in [0.25, 0.3) is 0 Å². The van der Waals surface area contributed by atoms with E-state index in [1.54, 1.807) is 12.1 Å². The average molecular weight is 232 g/mol. The Morgan fingerprint density at radius 1 is 1.27 bits per heavy atom. The lowest BCUT2D eigenvalue weighted by Gasteiger charge is -1.97. The average Bonchev–Trinajstić information content (AvgIpc) is 2.06. The third kappa shape index (κ3) is 9.18. The van der Waals surface area contributed by atoms with Crippen molar-refractivity contribution in [2.75, 3.05) is 0 Å². The molecule has 84 valence electrons. The van der Waals surface area contributed by atoms with Crippen molar-refractivity contribution in [2.45, 2.75) is 6.42 Å². The standard InChI is InChI=1S/C9H10O.H3O4P/c1-2-5-8-6-3-4-7-9(8)10;1-5(2,3)4/h2-4,6-7,10H,1,5H2;(H3,1,2,3,4). The van der Waals surface area contributed by atoms with Crippen molar-refractivity contribution in [1.82, 2.24) is 0 Å². The molecular weight excluding hydrogens is 219 g/mol. The summed E-state index contributed by atoms with van der Waals surface area (Å²) in [4.78, 5) is 21.6. The van der Waals surface area contributed by atoms with Gasteiger partial charge in [-0.25, -0.2) is 4.57 Å². The zero-order valence-corrected chi connectivity index (χ0v) is 8.84. The minimum atomic E-state index is -4.64. The van der Waals surface area contributed by atoms with Gasteiger partial charge >= 0.3 is 7.82 Å². The fourth-order valence-corrected chi connectivity index (χ4v) is 0.839. The number of rotatable bonds is 2. The van der Waals surface area contributed by atoms with Gasteiger partial charge in [-0.1, -0.05) is 24.3 Å². The summed E-state index contributed by atoms with van der Waals surface area (Å²) < 4.78 is 8.88. The predicted octanol–water partition coefficient (Wildman–Crippen LogP) is 1.19. The zero-order valence-electron chi connectivity index (χ0n) is 7.95. The maximum absolute atomic E-state index is 9.19. The molecule has 0 saturated carbocycles. The third-order valence-corrected chi connectivity index (χ3v) is 1.36. The van der Waals surface area contributed by atoms with Crippen LogP contribution in [0.1, 0.15) is 5.56 Å². The van der Waals surface area contributed by atoms with Crippen LogP contribution in [0, 0.1) is 0 Å². The highest BCUT2D eigenvalue weighted by molar-refractivity contribution is 7.45. The number of allylic oxidation sites excluding steroid dienone is 1.